The number of hydrogen-bond donors (Lipinski definition) is 3. The number of aromatic amines is 1. The molecule has 1 heterocycles. The van der Waals surface area contributed by atoms with Crippen molar-refractivity contribution in [2.45, 2.75) is 18.6 Å². The van der Waals surface area contributed by atoms with Gasteiger partial charge in [0.2, 0.25) is 5.54 Å². The van der Waals surface area contributed by atoms with Gasteiger partial charge in [-0.25, -0.2) is 4.79 Å². The zero-order valence-electron chi connectivity index (χ0n) is 8.50. The van der Waals surface area contributed by atoms with Crippen molar-refractivity contribution in [1.82, 2.24) is 15.5 Å². The summed E-state index contributed by atoms with van der Waals surface area (Å²) >= 11 is 0. The smallest absolute Gasteiger partial charge is 0.422 e. The molecule has 0 aliphatic heterocycles. The number of aliphatic carboxylic acids is 1. The Balaban J connectivity index is 2.97. The number of halogens is 3. The minimum absolute atomic E-state index is 0.193. The minimum Gasteiger partial charge on any atom is -0.479 e. The van der Waals surface area contributed by atoms with E-state index in [9.17, 15) is 22.8 Å². The van der Waals surface area contributed by atoms with Gasteiger partial charge in [-0.3, -0.25) is 9.89 Å². The molecule has 0 spiro atoms. The lowest BCUT2D eigenvalue weighted by molar-refractivity contribution is -0.203. The van der Waals surface area contributed by atoms with Crippen molar-refractivity contribution in [2.24, 2.45) is 0 Å². The van der Waals surface area contributed by atoms with Crippen molar-refractivity contribution in [1.29, 1.82) is 0 Å². The Labute approximate surface area is 92.8 Å². The van der Waals surface area contributed by atoms with Gasteiger partial charge in [-0.15, -0.1) is 0 Å². The quantitative estimate of drug-likeness (QED) is 0.730. The number of aromatic nitrogens is 2. The minimum atomic E-state index is -5.11. The first-order valence-corrected chi connectivity index (χ1v) is 4.30. The van der Waals surface area contributed by atoms with Gasteiger partial charge in [0.05, 0.1) is 11.8 Å². The van der Waals surface area contributed by atoms with E-state index in [4.69, 9.17) is 5.11 Å². The predicted molar refractivity (Wildman–Crippen MR) is 48.1 cm³/mol. The Morgan fingerprint density at radius 1 is 1.47 bits per heavy atom. The van der Waals surface area contributed by atoms with Crippen LogP contribution in [-0.4, -0.2) is 38.9 Å². The molecule has 0 aliphatic rings. The summed E-state index contributed by atoms with van der Waals surface area (Å²) in [6, 6.07) is 0. The van der Waals surface area contributed by atoms with Gasteiger partial charge >= 0.3 is 12.1 Å². The first-order valence-electron chi connectivity index (χ1n) is 4.30. The maximum absolute atomic E-state index is 12.5. The third kappa shape index (κ3) is 2.37. The maximum Gasteiger partial charge on any atom is 0.422 e. The monoisotopic (exact) mass is 251 g/mol. The number of alkyl halides is 3. The Kier molecular flexibility index (Phi) is 3.12. The highest BCUT2D eigenvalue weighted by Crippen LogP contribution is 2.30. The standard InChI is InChI=1S/C8H8F3N3O3/c1-7(6(16)17,8(9,10)11)14-5(15)4-2-12-13-3-4/h2-3H,1H3,(H,12,13)(H,14,15)(H,16,17). The van der Waals surface area contributed by atoms with Crippen molar-refractivity contribution in [3.63, 3.8) is 0 Å². The number of carbonyl (C=O) groups excluding carboxylic acids is 1. The summed E-state index contributed by atoms with van der Waals surface area (Å²) in [7, 11) is 0. The number of amides is 1. The lowest BCUT2D eigenvalue weighted by Crippen LogP contribution is -2.61. The van der Waals surface area contributed by atoms with Crippen LogP contribution in [0.3, 0.4) is 0 Å². The highest BCUT2D eigenvalue weighted by molar-refractivity contribution is 5.97. The molecule has 3 N–H and O–H groups in total. The molecule has 1 amide bonds. The van der Waals surface area contributed by atoms with Gasteiger partial charge < -0.3 is 10.4 Å². The molecule has 0 saturated heterocycles. The van der Waals surface area contributed by atoms with Crippen LogP contribution in [0.15, 0.2) is 12.4 Å². The first-order chi connectivity index (χ1) is 7.68. The molecule has 0 fully saturated rings. The summed E-state index contributed by atoms with van der Waals surface area (Å²) in [5.41, 5.74) is -3.54. The second-order valence-electron chi connectivity index (χ2n) is 3.37. The molecular weight excluding hydrogens is 243 g/mol. The summed E-state index contributed by atoms with van der Waals surface area (Å²) in [5, 5.41) is 15.6. The molecule has 0 saturated carbocycles. The molecular formula is C8H8F3N3O3. The fraction of sp³-hybridized carbons (Fsp3) is 0.375. The Hall–Kier alpha value is -2.06. The Morgan fingerprint density at radius 3 is 2.41 bits per heavy atom. The molecule has 0 aliphatic carbocycles. The van der Waals surface area contributed by atoms with Crippen LogP contribution in [0.1, 0.15) is 17.3 Å². The van der Waals surface area contributed by atoms with E-state index >= 15 is 0 Å². The number of carbonyl (C=O) groups is 2. The molecule has 1 unspecified atom stereocenters. The second kappa shape index (κ2) is 4.07. The number of rotatable bonds is 3. The van der Waals surface area contributed by atoms with Gasteiger partial charge in [0.25, 0.3) is 5.91 Å². The topological polar surface area (TPSA) is 95.1 Å². The summed E-state index contributed by atoms with van der Waals surface area (Å²) in [5.74, 6) is -3.37. The summed E-state index contributed by atoms with van der Waals surface area (Å²) in [6.45, 7) is 0.368. The number of H-pyrrole nitrogens is 1. The van der Waals surface area contributed by atoms with Gasteiger partial charge in [0, 0.05) is 6.20 Å². The predicted octanol–water partition coefficient (Wildman–Crippen LogP) is 0.545. The van der Waals surface area contributed by atoms with Crippen LogP contribution in [0.4, 0.5) is 13.2 Å². The van der Waals surface area contributed by atoms with E-state index in [2.05, 4.69) is 10.2 Å². The molecule has 1 aromatic heterocycles. The Morgan fingerprint density at radius 2 is 2.06 bits per heavy atom. The van der Waals surface area contributed by atoms with Crippen LogP contribution in [-0.2, 0) is 4.79 Å². The molecule has 1 aromatic rings. The van der Waals surface area contributed by atoms with Crippen LogP contribution in [0.2, 0.25) is 0 Å². The van der Waals surface area contributed by atoms with Gasteiger partial charge in [0.15, 0.2) is 0 Å². The van der Waals surface area contributed by atoms with E-state index in [1.807, 2.05) is 0 Å². The van der Waals surface area contributed by atoms with E-state index < -0.39 is 23.6 Å². The number of carboxylic acid groups (broad SMARTS) is 1. The number of carboxylic acids is 1. The van der Waals surface area contributed by atoms with Crippen molar-refractivity contribution in [2.75, 3.05) is 0 Å². The van der Waals surface area contributed by atoms with Crippen molar-refractivity contribution < 1.29 is 27.9 Å². The van der Waals surface area contributed by atoms with Crippen LogP contribution < -0.4 is 5.32 Å². The number of nitrogens with one attached hydrogen (secondary N) is 2. The second-order valence-corrected chi connectivity index (χ2v) is 3.37. The zero-order valence-corrected chi connectivity index (χ0v) is 8.50. The average molecular weight is 251 g/mol. The third-order valence-corrected chi connectivity index (χ3v) is 2.12. The fourth-order valence-electron chi connectivity index (χ4n) is 0.920. The van der Waals surface area contributed by atoms with Gasteiger partial charge in [-0.2, -0.15) is 18.3 Å². The highest BCUT2D eigenvalue weighted by Gasteiger charge is 2.58. The van der Waals surface area contributed by atoms with Gasteiger partial charge in [-0.1, -0.05) is 0 Å². The molecule has 0 aromatic carbocycles. The molecule has 0 radical (unpaired) electrons. The molecule has 1 rings (SSSR count). The molecule has 6 nitrogen and oxygen atoms in total. The molecule has 17 heavy (non-hydrogen) atoms. The summed E-state index contributed by atoms with van der Waals surface area (Å²) < 4.78 is 37.6. The van der Waals surface area contributed by atoms with E-state index in [-0.39, 0.29) is 5.56 Å². The fourth-order valence-corrected chi connectivity index (χ4v) is 0.920. The summed E-state index contributed by atoms with van der Waals surface area (Å²) in [4.78, 5) is 22.0. The normalized spacial score (nSPS) is 15.1. The summed E-state index contributed by atoms with van der Waals surface area (Å²) in [6.07, 6.45) is -3.08. The van der Waals surface area contributed by atoms with Crippen molar-refractivity contribution in [3.8, 4) is 0 Å². The van der Waals surface area contributed by atoms with Gasteiger partial charge in [0.1, 0.15) is 0 Å². The highest BCUT2D eigenvalue weighted by atomic mass is 19.4. The third-order valence-electron chi connectivity index (χ3n) is 2.12. The molecule has 94 valence electrons. The zero-order chi connectivity index (χ0) is 13.3. The Bertz CT molecular complexity index is 429. The van der Waals surface area contributed by atoms with E-state index in [1.165, 1.54) is 5.32 Å². The molecule has 1 atom stereocenters. The van der Waals surface area contributed by atoms with E-state index in [1.54, 1.807) is 0 Å². The SMILES string of the molecule is CC(NC(=O)c1cn[nH]c1)(C(=O)O)C(F)(F)F. The first kappa shape index (κ1) is 13.0. The lowest BCUT2D eigenvalue weighted by Gasteiger charge is -2.28. The molecule has 9 heteroatoms. The van der Waals surface area contributed by atoms with E-state index in [0.29, 0.717) is 6.92 Å². The van der Waals surface area contributed by atoms with Crippen molar-refractivity contribution >= 4 is 11.9 Å². The van der Waals surface area contributed by atoms with Crippen LogP contribution in [0, 0.1) is 0 Å². The largest absolute Gasteiger partial charge is 0.479 e. The van der Waals surface area contributed by atoms with Gasteiger partial charge in [-0.05, 0) is 6.92 Å². The van der Waals surface area contributed by atoms with Crippen LogP contribution >= 0.6 is 0 Å². The number of nitrogens with zero attached hydrogens (tertiary/aromatic N) is 1. The van der Waals surface area contributed by atoms with E-state index in [0.717, 1.165) is 12.4 Å². The van der Waals surface area contributed by atoms with Crippen LogP contribution in [0.25, 0.3) is 0 Å². The lowest BCUT2D eigenvalue weighted by atomic mass is 10.0. The number of hydrogen-bond acceptors (Lipinski definition) is 3. The maximum atomic E-state index is 12.5. The van der Waals surface area contributed by atoms with Crippen LogP contribution in [0.5, 0.6) is 0 Å². The average Bonchev–Trinajstić information content (AvgIpc) is 2.67. The van der Waals surface area contributed by atoms with Crippen molar-refractivity contribution in [3.05, 3.63) is 18.0 Å². The molecule has 0 bridgehead atoms.